The molecule has 31 heavy (non-hydrogen) atoms. The Kier molecular flexibility index (Phi) is 7.16. The first kappa shape index (κ1) is 22.1. The van der Waals surface area contributed by atoms with Crippen LogP contribution in [-0.4, -0.2) is 48.6 Å². The summed E-state index contributed by atoms with van der Waals surface area (Å²) < 4.78 is 6.06. The van der Waals surface area contributed by atoms with E-state index in [-0.39, 0.29) is 11.3 Å². The van der Waals surface area contributed by atoms with Gasteiger partial charge < -0.3 is 20.3 Å². The van der Waals surface area contributed by atoms with Gasteiger partial charge in [0.2, 0.25) is 5.91 Å². The molecule has 1 aromatic carbocycles. The number of aliphatic imine (C=N–C) groups is 1. The molecule has 0 radical (unpaired) electrons. The summed E-state index contributed by atoms with van der Waals surface area (Å²) in [6.45, 7) is 8.07. The van der Waals surface area contributed by atoms with Crippen molar-refractivity contribution in [3.05, 3.63) is 35.4 Å². The van der Waals surface area contributed by atoms with Crippen LogP contribution in [0.25, 0.3) is 0 Å². The van der Waals surface area contributed by atoms with E-state index in [0.29, 0.717) is 31.7 Å². The number of rotatable bonds is 8. The molecule has 4 rings (SSSR count). The highest BCUT2D eigenvalue weighted by Crippen LogP contribution is 2.54. The van der Waals surface area contributed by atoms with Crippen molar-refractivity contribution in [2.24, 2.45) is 10.4 Å². The minimum absolute atomic E-state index is 0.272. The third-order valence-corrected chi connectivity index (χ3v) is 7.30. The Morgan fingerprint density at radius 1 is 1.23 bits per heavy atom. The molecule has 1 aliphatic heterocycles. The number of ether oxygens (including phenoxy) is 1. The van der Waals surface area contributed by atoms with Gasteiger partial charge in [0.25, 0.3) is 0 Å². The van der Waals surface area contributed by atoms with Crippen LogP contribution in [0.5, 0.6) is 0 Å². The van der Waals surface area contributed by atoms with Crippen molar-refractivity contribution in [2.45, 2.75) is 84.0 Å². The number of benzene rings is 1. The molecular weight excluding hydrogens is 388 g/mol. The van der Waals surface area contributed by atoms with Gasteiger partial charge in [-0.1, -0.05) is 37.1 Å². The fraction of sp³-hybridized carbons (Fsp3) is 0.680. The Morgan fingerprint density at radius 3 is 2.74 bits per heavy atom. The molecule has 2 saturated carbocycles. The van der Waals surface area contributed by atoms with E-state index >= 15 is 0 Å². The molecule has 1 amide bonds. The summed E-state index contributed by atoms with van der Waals surface area (Å²) >= 11 is 0. The van der Waals surface area contributed by atoms with Crippen LogP contribution in [0.4, 0.5) is 0 Å². The van der Waals surface area contributed by atoms with E-state index in [1.807, 2.05) is 4.90 Å². The second-order valence-electron chi connectivity index (χ2n) is 9.25. The molecule has 2 aliphatic carbocycles. The first-order chi connectivity index (χ1) is 15.1. The van der Waals surface area contributed by atoms with Gasteiger partial charge in [-0.15, -0.1) is 0 Å². The minimum atomic E-state index is 0.272. The standard InChI is InChI=1S/C25H38N4O2/c1-3-26-24(28-21-16-22(31-4-2)25(21)12-5-6-13-25)27-17-19-9-7-10-20(15-19)18-29-14-8-11-23(29)30/h7,9-10,15,21-22H,3-6,8,11-14,16-18H2,1-2H3,(H2,26,27,28). The van der Waals surface area contributed by atoms with Gasteiger partial charge in [-0.3, -0.25) is 4.79 Å². The van der Waals surface area contributed by atoms with Crippen LogP contribution in [0.3, 0.4) is 0 Å². The van der Waals surface area contributed by atoms with Crippen LogP contribution in [0.15, 0.2) is 29.3 Å². The average molecular weight is 427 g/mol. The van der Waals surface area contributed by atoms with Gasteiger partial charge in [0.05, 0.1) is 12.6 Å². The largest absolute Gasteiger partial charge is 0.378 e. The van der Waals surface area contributed by atoms with Crippen molar-refractivity contribution in [3.63, 3.8) is 0 Å². The van der Waals surface area contributed by atoms with Crippen molar-refractivity contribution < 1.29 is 9.53 Å². The highest BCUT2D eigenvalue weighted by Gasteiger charge is 2.56. The third-order valence-electron chi connectivity index (χ3n) is 7.30. The van der Waals surface area contributed by atoms with Gasteiger partial charge in [-0.05, 0) is 50.7 Å². The molecule has 2 unspecified atom stereocenters. The smallest absolute Gasteiger partial charge is 0.222 e. The van der Waals surface area contributed by atoms with E-state index in [1.165, 1.54) is 36.8 Å². The maximum atomic E-state index is 11.9. The zero-order chi connectivity index (χ0) is 21.7. The molecule has 0 aromatic heterocycles. The van der Waals surface area contributed by atoms with Crippen LogP contribution in [-0.2, 0) is 22.6 Å². The predicted molar refractivity (Wildman–Crippen MR) is 124 cm³/mol. The molecule has 3 fully saturated rings. The highest BCUT2D eigenvalue weighted by molar-refractivity contribution is 5.80. The van der Waals surface area contributed by atoms with Gasteiger partial charge >= 0.3 is 0 Å². The van der Waals surface area contributed by atoms with Crippen LogP contribution in [0, 0.1) is 5.41 Å². The van der Waals surface area contributed by atoms with E-state index in [9.17, 15) is 4.79 Å². The highest BCUT2D eigenvalue weighted by atomic mass is 16.5. The summed E-state index contributed by atoms with van der Waals surface area (Å²) in [5, 5.41) is 7.16. The number of guanidine groups is 1. The molecule has 1 saturated heterocycles. The lowest BCUT2D eigenvalue weighted by Crippen LogP contribution is -2.65. The maximum absolute atomic E-state index is 11.9. The van der Waals surface area contributed by atoms with Crippen molar-refractivity contribution in [1.82, 2.24) is 15.5 Å². The Balaban J connectivity index is 1.39. The summed E-state index contributed by atoms with van der Waals surface area (Å²) in [7, 11) is 0. The van der Waals surface area contributed by atoms with E-state index in [1.54, 1.807) is 0 Å². The molecule has 3 aliphatic rings. The maximum Gasteiger partial charge on any atom is 0.222 e. The molecule has 2 N–H and O–H groups in total. The van der Waals surface area contributed by atoms with E-state index in [2.05, 4.69) is 48.7 Å². The van der Waals surface area contributed by atoms with E-state index < -0.39 is 0 Å². The van der Waals surface area contributed by atoms with Crippen molar-refractivity contribution >= 4 is 11.9 Å². The number of nitrogens with one attached hydrogen (secondary N) is 2. The van der Waals surface area contributed by atoms with Gasteiger partial charge in [0.15, 0.2) is 5.96 Å². The van der Waals surface area contributed by atoms with Crippen molar-refractivity contribution in [2.75, 3.05) is 19.7 Å². The fourth-order valence-electron chi connectivity index (χ4n) is 5.66. The number of likely N-dealkylation sites (tertiary alicyclic amines) is 1. The monoisotopic (exact) mass is 426 g/mol. The summed E-state index contributed by atoms with van der Waals surface area (Å²) in [6, 6.07) is 8.93. The Hall–Kier alpha value is -2.08. The lowest BCUT2D eigenvalue weighted by atomic mass is 9.60. The number of hydrogen-bond acceptors (Lipinski definition) is 3. The first-order valence-electron chi connectivity index (χ1n) is 12.2. The molecule has 1 aromatic rings. The molecule has 1 spiro atoms. The number of nitrogens with zero attached hydrogens (tertiary/aromatic N) is 2. The minimum Gasteiger partial charge on any atom is -0.378 e. The Labute approximate surface area is 186 Å². The molecular formula is C25H38N4O2. The summed E-state index contributed by atoms with van der Waals surface area (Å²) in [5.74, 6) is 1.17. The molecule has 1 heterocycles. The normalized spacial score (nSPS) is 25.2. The lowest BCUT2D eigenvalue weighted by molar-refractivity contribution is -0.128. The summed E-state index contributed by atoms with van der Waals surface area (Å²) in [6.07, 6.45) is 8.26. The Morgan fingerprint density at radius 2 is 2.03 bits per heavy atom. The summed E-state index contributed by atoms with van der Waals surface area (Å²) in [5.41, 5.74) is 2.65. The fourth-order valence-corrected chi connectivity index (χ4v) is 5.66. The van der Waals surface area contributed by atoms with Crippen LogP contribution >= 0.6 is 0 Å². The Bertz CT molecular complexity index is 787. The summed E-state index contributed by atoms with van der Waals surface area (Å²) in [4.78, 5) is 18.8. The lowest BCUT2D eigenvalue weighted by Gasteiger charge is -2.54. The van der Waals surface area contributed by atoms with Gasteiger partial charge in [0, 0.05) is 44.1 Å². The zero-order valence-electron chi connectivity index (χ0n) is 19.2. The van der Waals surface area contributed by atoms with E-state index in [4.69, 9.17) is 9.73 Å². The van der Waals surface area contributed by atoms with Crippen LogP contribution in [0.2, 0.25) is 0 Å². The van der Waals surface area contributed by atoms with Gasteiger partial charge in [0.1, 0.15) is 0 Å². The number of carbonyl (C=O) groups excluding carboxylic acids is 1. The quantitative estimate of drug-likeness (QED) is 0.492. The number of hydrogen-bond donors (Lipinski definition) is 2. The molecule has 0 bridgehead atoms. The van der Waals surface area contributed by atoms with E-state index in [0.717, 1.165) is 38.5 Å². The van der Waals surface area contributed by atoms with Crippen LogP contribution in [0.1, 0.15) is 69.9 Å². The first-order valence-corrected chi connectivity index (χ1v) is 12.2. The third kappa shape index (κ3) is 4.89. The van der Waals surface area contributed by atoms with Crippen LogP contribution < -0.4 is 10.6 Å². The SMILES string of the molecule is CCNC(=NCc1cccc(CN2CCCC2=O)c1)NC1CC(OCC)C12CCCC2. The number of carbonyl (C=O) groups is 1. The topological polar surface area (TPSA) is 66.0 Å². The van der Waals surface area contributed by atoms with Gasteiger partial charge in [-0.25, -0.2) is 4.99 Å². The number of amides is 1. The molecule has 6 heteroatoms. The molecule has 2 atom stereocenters. The van der Waals surface area contributed by atoms with Crippen molar-refractivity contribution in [3.8, 4) is 0 Å². The molecule has 170 valence electrons. The molecule has 6 nitrogen and oxygen atoms in total. The zero-order valence-corrected chi connectivity index (χ0v) is 19.2. The second kappa shape index (κ2) is 10.0. The second-order valence-corrected chi connectivity index (χ2v) is 9.25. The average Bonchev–Trinajstić information content (AvgIpc) is 3.43. The van der Waals surface area contributed by atoms with Gasteiger partial charge in [-0.2, -0.15) is 0 Å². The van der Waals surface area contributed by atoms with Crippen molar-refractivity contribution in [1.29, 1.82) is 0 Å². The predicted octanol–water partition coefficient (Wildman–Crippen LogP) is 3.60.